The van der Waals surface area contributed by atoms with E-state index in [0.29, 0.717) is 0 Å². The van der Waals surface area contributed by atoms with Gasteiger partial charge in [0.25, 0.3) is 0 Å². The van der Waals surface area contributed by atoms with Crippen molar-refractivity contribution in [3.05, 3.63) is 267 Å². The molecule has 71 heavy (non-hydrogen) atoms. The summed E-state index contributed by atoms with van der Waals surface area (Å²) in [5, 5.41) is 9.54. The number of para-hydroxylation sites is 3. The minimum atomic E-state index is 0.844. The van der Waals surface area contributed by atoms with Crippen molar-refractivity contribution in [2.75, 3.05) is 4.90 Å². The molecule has 3 heteroatoms. The molecule has 0 N–H and O–H groups in total. The molecular weight excluding hydrogens is 861 g/mol. The van der Waals surface area contributed by atoms with Crippen LogP contribution in [0.1, 0.15) is 0 Å². The molecule has 0 unspecified atom stereocenters. The van der Waals surface area contributed by atoms with Gasteiger partial charge in [0.1, 0.15) is 5.58 Å². The van der Waals surface area contributed by atoms with Crippen LogP contribution in [0.25, 0.3) is 115 Å². The number of hydrogen-bond acceptors (Lipinski definition) is 2. The smallest absolute Gasteiger partial charge is 0.159 e. The first-order valence-electron chi connectivity index (χ1n) is 24.3. The standard InChI is InChI=1S/C68H44N2O/c1-3-15-49(16-4-1)61-44-52-18-8-10-23-58(52)66-60-26-14-28-65(67(60)71-68(61)66)69(55-40-35-50(36-41-55)57-25-13-19-48-17-7-9-22-56(48)57)54-38-33-46(34-39-54)45-29-31-47(32-30-45)51-37-42-64-62(43-51)59-24-11-12-27-63(59)70(64)53-20-5-2-6-21-53/h1-44H. The number of anilines is 3. The fraction of sp³-hybridized carbons (Fsp3) is 0. The van der Waals surface area contributed by atoms with Gasteiger partial charge in [0.2, 0.25) is 0 Å². The SMILES string of the molecule is c1ccc(-c2cc3ccccc3c3c2oc2c(N(c4ccc(-c5ccc(-c6ccc7c(c6)c6ccccc6n7-c6ccccc6)cc5)cc4)c4ccc(-c5cccc6ccccc56)cc4)cccc23)cc1. The van der Waals surface area contributed by atoms with E-state index in [0.717, 1.165) is 66.9 Å². The van der Waals surface area contributed by atoms with Crippen molar-refractivity contribution >= 4 is 82.4 Å². The number of fused-ring (bicyclic) bond motifs is 9. The zero-order chi connectivity index (χ0) is 46.8. The van der Waals surface area contributed by atoms with Crippen LogP contribution in [0, 0.1) is 0 Å². The van der Waals surface area contributed by atoms with Crippen LogP contribution in [-0.4, -0.2) is 4.57 Å². The van der Waals surface area contributed by atoms with E-state index in [4.69, 9.17) is 4.42 Å². The number of hydrogen-bond donors (Lipinski definition) is 0. The van der Waals surface area contributed by atoms with Crippen LogP contribution >= 0.6 is 0 Å². The van der Waals surface area contributed by atoms with E-state index in [1.54, 1.807) is 0 Å². The Balaban J connectivity index is 0.868. The van der Waals surface area contributed by atoms with Gasteiger partial charge in [-0.05, 0) is 127 Å². The second-order valence-electron chi connectivity index (χ2n) is 18.4. The van der Waals surface area contributed by atoms with Crippen molar-refractivity contribution in [3.63, 3.8) is 0 Å². The molecule has 0 amide bonds. The van der Waals surface area contributed by atoms with Crippen LogP contribution in [0.4, 0.5) is 17.1 Å². The quantitative estimate of drug-likeness (QED) is 0.151. The lowest BCUT2D eigenvalue weighted by Gasteiger charge is -2.26. The van der Waals surface area contributed by atoms with Gasteiger partial charge in [-0.3, -0.25) is 0 Å². The fourth-order valence-corrected chi connectivity index (χ4v) is 11.0. The number of furan rings is 1. The second-order valence-corrected chi connectivity index (χ2v) is 18.4. The lowest BCUT2D eigenvalue weighted by molar-refractivity contribution is 0.670. The van der Waals surface area contributed by atoms with Crippen molar-refractivity contribution in [2.45, 2.75) is 0 Å². The van der Waals surface area contributed by atoms with Crippen LogP contribution in [0.2, 0.25) is 0 Å². The van der Waals surface area contributed by atoms with Gasteiger partial charge in [0, 0.05) is 44.2 Å². The Hall–Kier alpha value is -9.44. The molecule has 12 aromatic carbocycles. The maximum absolute atomic E-state index is 7.21. The topological polar surface area (TPSA) is 21.3 Å². The first-order chi connectivity index (χ1) is 35.2. The summed E-state index contributed by atoms with van der Waals surface area (Å²) in [4.78, 5) is 2.35. The van der Waals surface area contributed by atoms with Gasteiger partial charge in [-0.25, -0.2) is 0 Å². The van der Waals surface area contributed by atoms with Crippen molar-refractivity contribution in [3.8, 4) is 50.2 Å². The van der Waals surface area contributed by atoms with Gasteiger partial charge >= 0.3 is 0 Å². The molecular formula is C68H44N2O. The van der Waals surface area contributed by atoms with Gasteiger partial charge in [-0.2, -0.15) is 0 Å². The van der Waals surface area contributed by atoms with Crippen LogP contribution in [0.3, 0.4) is 0 Å². The first-order valence-corrected chi connectivity index (χ1v) is 24.3. The van der Waals surface area contributed by atoms with E-state index < -0.39 is 0 Å². The molecule has 2 aromatic heterocycles. The third-order valence-corrected chi connectivity index (χ3v) is 14.4. The second kappa shape index (κ2) is 16.7. The fourth-order valence-electron chi connectivity index (χ4n) is 11.0. The zero-order valence-electron chi connectivity index (χ0n) is 38.7. The van der Waals surface area contributed by atoms with E-state index in [9.17, 15) is 0 Å². The average Bonchev–Trinajstić information content (AvgIpc) is 4.01. The Kier molecular flexibility index (Phi) is 9.53. The summed E-state index contributed by atoms with van der Waals surface area (Å²) in [7, 11) is 0. The number of aromatic nitrogens is 1. The molecule has 0 saturated carbocycles. The molecule has 0 saturated heterocycles. The molecule has 0 atom stereocenters. The third kappa shape index (κ3) is 6.82. The Morgan fingerprint density at radius 3 is 1.56 bits per heavy atom. The number of benzene rings is 12. The molecule has 0 aliphatic carbocycles. The Morgan fingerprint density at radius 2 is 0.817 bits per heavy atom. The van der Waals surface area contributed by atoms with Gasteiger partial charge in [-0.15, -0.1) is 0 Å². The molecule has 0 radical (unpaired) electrons. The molecule has 2 heterocycles. The molecule has 0 aliphatic heterocycles. The van der Waals surface area contributed by atoms with E-state index in [2.05, 4.69) is 276 Å². The lowest BCUT2D eigenvalue weighted by atomic mass is 9.96. The summed E-state index contributed by atoms with van der Waals surface area (Å²) in [5.74, 6) is 0. The monoisotopic (exact) mass is 904 g/mol. The number of rotatable bonds is 8. The summed E-state index contributed by atoms with van der Waals surface area (Å²) >= 11 is 0. The van der Waals surface area contributed by atoms with Crippen molar-refractivity contribution in [1.29, 1.82) is 0 Å². The molecule has 0 fully saturated rings. The Labute approximate surface area is 411 Å². The molecule has 0 spiro atoms. The van der Waals surface area contributed by atoms with E-state index in [-0.39, 0.29) is 0 Å². The molecule has 0 bridgehead atoms. The minimum Gasteiger partial charge on any atom is -0.453 e. The summed E-state index contributed by atoms with van der Waals surface area (Å²) in [6, 6.07) is 96.4. The molecule has 332 valence electrons. The van der Waals surface area contributed by atoms with Crippen molar-refractivity contribution < 1.29 is 4.42 Å². The molecule has 0 aliphatic rings. The maximum Gasteiger partial charge on any atom is 0.159 e. The summed E-state index contributed by atoms with van der Waals surface area (Å²) in [6.07, 6.45) is 0. The molecule has 3 nitrogen and oxygen atoms in total. The van der Waals surface area contributed by atoms with Gasteiger partial charge in [0.15, 0.2) is 5.58 Å². The van der Waals surface area contributed by atoms with Crippen LogP contribution < -0.4 is 4.90 Å². The highest BCUT2D eigenvalue weighted by Crippen LogP contribution is 2.47. The van der Waals surface area contributed by atoms with Crippen LogP contribution in [-0.2, 0) is 0 Å². The van der Waals surface area contributed by atoms with Crippen molar-refractivity contribution in [2.24, 2.45) is 0 Å². The summed E-state index contributed by atoms with van der Waals surface area (Å²) in [6.45, 7) is 0. The predicted octanol–water partition coefficient (Wildman–Crippen LogP) is 19.1. The highest BCUT2D eigenvalue weighted by molar-refractivity contribution is 6.24. The number of nitrogens with zero attached hydrogens (tertiary/aromatic N) is 2. The molecule has 14 rings (SSSR count). The minimum absolute atomic E-state index is 0.844. The predicted molar refractivity (Wildman–Crippen MR) is 299 cm³/mol. The summed E-state index contributed by atoms with van der Waals surface area (Å²) in [5.41, 5.74) is 17.6. The van der Waals surface area contributed by atoms with Crippen LogP contribution in [0.5, 0.6) is 0 Å². The van der Waals surface area contributed by atoms with E-state index in [1.807, 2.05) is 0 Å². The Bertz CT molecular complexity index is 4300. The zero-order valence-corrected chi connectivity index (χ0v) is 38.7. The van der Waals surface area contributed by atoms with E-state index in [1.165, 1.54) is 65.6 Å². The lowest BCUT2D eigenvalue weighted by Crippen LogP contribution is -2.10. The highest BCUT2D eigenvalue weighted by atomic mass is 16.3. The normalized spacial score (nSPS) is 11.7. The average molecular weight is 905 g/mol. The van der Waals surface area contributed by atoms with Gasteiger partial charge < -0.3 is 13.9 Å². The van der Waals surface area contributed by atoms with Gasteiger partial charge in [0.05, 0.1) is 16.7 Å². The van der Waals surface area contributed by atoms with E-state index >= 15 is 0 Å². The Morgan fingerprint density at radius 1 is 0.296 bits per heavy atom. The largest absolute Gasteiger partial charge is 0.453 e. The van der Waals surface area contributed by atoms with Gasteiger partial charge in [-0.1, -0.05) is 200 Å². The third-order valence-electron chi connectivity index (χ3n) is 14.4. The molecule has 14 aromatic rings. The first kappa shape index (κ1) is 40.6. The highest BCUT2D eigenvalue weighted by Gasteiger charge is 2.23. The maximum atomic E-state index is 7.21. The van der Waals surface area contributed by atoms with Crippen LogP contribution in [0.15, 0.2) is 271 Å². The summed E-state index contributed by atoms with van der Waals surface area (Å²) < 4.78 is 9.57. The van der Waals surface area contributed by atoms with Crippen molar-refractivity contribution in [1.82, 2.24) is 4.57 Å².